The number of unbranched alkanes of at least 4 members (excludes halogenated alkanes) is 1. The Kier molecular flexibility index (Phi) is 5.36. The van der Waals surface area contributed by atoms with E-state index in [4.69, 9.17) is 9.15 Å². The molecule has 0 aliphatic rings. The lowest BCUT2D eigenvalue weighted by molar-refractivity contribution is 0.192. The summed E-state index contributed by atoms with van der Waals surface area (Å²) in [5.74, 6) is 1.62. The van der Waals surface area contributed by atoms with Gasteiger partial charge in [-0.1, -0.05) is 0 Å². The highest BCUT2D eigenvalue weighted by Crippen LogP contribution is 2.11. The number of hydrogen-bond donors (Lipinski definition) is 1. The lowest BCUT2D eigenvalue weighted by Crippen LogP contribution is -2.20. The van der Waals surface area contributed by atoms with Crippen LogP contribution in [0.1, 0.15) is 37.5 Å². The monoisotopic (exact) mass is 212 g/mol. The van der Waals surface area contributed by atoms with Gasteiger partial charge in [0.25, 0.3) is 0 Å². The summed E-state index contributed by atoms with van der Waals surface area (Å²) in [7, 11) is 1.73. The molecule has 0 fully saturated rings. The molecule has 4 nitrogen and oxygen atoms in total. The van der Waals surface area contributed by atoms with Crippen molar-refractivity contribution in [3.8, 4) is 0 Å². The topological polar surface area (TPSA) is 47.3 Å². The third-order valence-electron chi connectivity index (χ3n) is 2.24. The van der Waals surface area contributed by atoms with Gasteiger partial charge < -0.3 is 14.5 Å². The van der Waals surface area contributed by atoms with Gasteiger partial charge in [-0.25, -0.2) is 4.98 Å². The van der Waals surface area contributed by atoms with E-state index in [1.165, 1.54) is 0 Å². The van der Waals surface area contributed by atoms with Crippen molar-refractivity contribution >= 4 is 0 Å². The Hall–Kier alpha value is -0.870. The normalized spacial score (nSPS) is 13.0. The fraction of sp³-hybridized carbons (Fsp3) is 0.727. The highest BCUT2D eigenvalue weighted by molar-refractivity contribution is 4.94. The highest BCUT2D eigenvalue weighted by Gasteiger charge is 2.09. The molecule has 0 saturated heterocycles. The first kappa shape index (κ1) is 12.2. The Balaban J connectivity index is 2.16. The lowest BCUT2D eigenvalue weighted by Gasteiger charge is -2.09. The fourth-order valence-corrected chi connectivity index (χ4v) is 1.35. The molecule has 1 N–H and O–H groups in total. The molecule has 0 bridgehead atoms. The minimum atomic E-state index is 0.182. The molecule has 4 heteroatoms. The van der Waals surface area contributed by atoms with Crippen molar-refractivity contribution < 1.29 is 9.15 Å². The van der Waals surface area contributed by atoms with Crippen LogP contribution in [-0.4, -0.2) is 25.2 Å². The van der Waals surface area contributed by atoms with Crippen LogP contribution in [0.3, 0.4) is 0 Å². The van der Waals surface area contributed by atoms with Gasteiger partial charge >= 0.3 is 0 Å². The Morgan fingerprint density at radius 1 is 1.53 bits per heavy atom. The van der Waals surface area contributed by atoms with Crippen molar-refractivity contribution in [3.05, 3.63) is 17.8 Å². The number of nitrogens with one attached hydrogen (secondary N) is 1. The molecule has 1 aromatic rings. The second-order valence-corrected chi connectivity index (χ2v) is 3.68. The summed E-state index contributed by atoms with van der Waals surface area (Å²) >= 11 is 0. The number of nitrogens with zero attached hydrogens (tertiary/aromatic N) is 1. The molecular formula is C11H20N2O2. The second-order valence-electron chi connectivity index (χ2n) is 3.68. The maximum Gasteiger partial charge on any atom is 0.211 e. The van der Waals surface area contributed by atoms with Crippen molar-refractivity contribution in [1.29, 1.82) is 0 Å². The summed E-state index contributed by atoms with van der Waals surface area (Å²) in [6, 6.07) is 0.182. The maximum absolute atomic E-state index is 5.43. The van der Waals surface area contributed by atoms with Crippen molar-refractivity contribution in [1.82, 2.24) is 10.3 Å². The van der Waals surface area contributed by atoms with E-state index in [0.717, 1.165) is 37.6 Å². The molecule has 0 spiro atoms. The average Bonchev–Trinajstić information content (AvgIpc) is 2.64. The maximum atomic E-state index is 5.43. The van der Waals surface area contributed by atoms with Crippen molar-refractivity contribution in [2.24, 2.45) is 0 Å². The van der Waals surface area contributed by atoms with E-state index < -0.39 is 0 Å². The van der Waals surface area contributed by atoms with Gasteiger partial charge in [0, 0.05) is 13.7 Å². The summed E-state index contributed by atoms with van der Waals surface area (Å²) in [6.07, 6.45) is 3.94. The van der Waals surface area contributed by atoms with Gasteiger partial charge in [-0.05, 0) is 33.2 Å². The highest BCUT2D eigenvalue weighted by atomic mass is 16.5. The first-order valence-electron chi connectivity index (χ1n) is 5.38. The molecule has 1 unspecified atom stereocenters. The molecule has 0 radical (unpaired) electrons. The third kappa shape index (κ3) is 4.44. The first-order chi connectivity index (χ1) is 7.24. The van der Waals surface area contributed by atoms with Crippen LogP contribution in [0.15, 0.2) is 10.6 Å². The van der Waals surface area contributed by atoms with Crippen LogP contribution in [-0.2, 0) is 4.74 Å². The van der Waals surface area contributed by atoms with E-state index in [9.17, 15) is 0 Å². The van der Waals surface area contributed by atoms with Crippen LogP contribution in [0, 0.1) is 6.92 Å². The summed E-state index contributed by atoms with van der Waals surface area (Å²) < 4.78 is 10.4. The second kappa shape index (κ2) is 6.58. The van der Waals surface area contributed by atoms with E-state index in [-0.39, 0.29) is 6.04 Å². The standard InChI is InChI=1S/C11H20N2O2/c1-9-8-13-11(15-9)10(2)12-6-4-5-7-14-3/h8,10,12H,4-7H2,1-3H3. The SMILES string of the molecule is COCCCCNC(C)c1ncc(C)o1. The number of aromatic nitrogens is 1. The molecule has 0 aromatic carbocycles. The van der Waals surface area contributed by atoms with Gasteiger partial charge in [0.1, 0.15) is 5.76 Å². The van der Waals surface area contributed by atoms with Gasteiger partial charge in [-0.2, -0.15) is 0 Å². The quantitative estimate of drug-likeness (QED) is 0.703. The van der Waals surface area contributed by atoms with Crippen molar-refractivity contribution in [2.75, 3.05) is 20.3 Å². The fourth-order valence-electron chi connectivity index (χ4n) is 1.35. The molecule has 86 valence electrons. The van der Waals surface area contributed by atoms with Crippen LogP contribution >= 0.6 is 0 Å². The molecule has 1 heterocycles. The summed E-state index contributed by atoms with van der Waals surface area (Å²) in [4.78, 5) is 4.18. The van der Waals surface area contributed by atoms with Gasteiger partial charge in [0.05, 0.1) is 12.2 Å². The first-order valence-corrected chi connectivity index (χ1v) is 5.38. The number of ether oxygens (including phenoxy) is 1. The van der Waals surface area contributed by atoms with Gasteiger partial charge in [-0.15, -0.1) is 0 Å². The molecule has 1 rings (SSSR count). The number of rotatable bonds is 7. The summed E-state index contributed by atoms with van der Waals surface area (Å²) in [5.41, 5.74) is 0. The average molecular weight is 212 g/mol. The van der Waals surface area contributed by atoms with Crippen molar-refractivity contribution in [3.63, 3.8) is 0 Å². The Labute approximate surface area is 91.0 Å². The number of oxazole rings is 1. The molecule has 1 aromatic heterocycles. The van der Waals surface area contributed by atoms with Crippen molar-refractivity contribution in [2.45, 2.75) is 32.7 Å². The Morgan fingerprint density at radius 3 is 2.93 bits per heavy atom. The minimum absolute atomic E-state index is 0.182. The third-order valence-corrected chi connectivity index (χ3v) is 2.24. The lowest BCUT2D eigenvalue weighted by atomic mass is 10.3. The Bertz CT molecular complexity index is 273. The van der Waals surface area contributed by atoms with Crippen LogP contribution in [0.2, 0.25) is 0 Å². The van der Waals surface area contributed by atoms with E-state index in [2.05, 4.69) is 17.2 Å². The molecule has 15 heavy (non-hydrogen) atoms. The number of hydrogen-bond acceptors (Lipinski definition) is 4. The van der Waals surface area contributed by atoms with Crippen LogP contribution in [0.25, 0.3) is 0 Å². The minimum Gasteiger partial charge on any atom is -0.444 e. The van der Waals surface area contributed by atoms with Gasteiger partial charge in [0.2, 0.25) is 5.89 Å². The van der Waals surface area contributed by atoms with Crippen LogP contribution < -0.4 is 5.32 Å². The van der Waals surface area contributed by atoms with Crippen LogP contribution in [0.4, 0.5) is 0 Å². The molecule has 0 aliphatic heterocycles. The predicted molar refractivity (Wildman–Crippen MR) is 58.8 cm³/mol. The zero-order chi connectivity index (χ0) is 11.1. The van der Waals surface area contributed by atoms with E-state index in [1.807, 2.05) is 6.92 Å². The molecular weight excluding hydrogens is 192 g/mol. The zero-order valence-electron chi connectivity index (χ0n) is 9.75. The smallest absolute Gasteiger partial charge is 0.211 e. The molecule has 0 saturated carbocycles. The zero-order valence-corrected chi connectivity index (χ0v) is 9.75. The predicted octanol–water partition coefficient (Wildman–Crippen LogP) is 2.06. The van der Waals surface area contributed by atoms with Gasteiger partial charge in [0.15, 0.2) is 0 Å². The van der Waals surface area contributed by atoms with E-state index >= 15 is 0 Å². The number of aryl methyl sites for hydroxylation is 1. The largest absolute Gasteiger partial charge is 0.444 e. The molecule has 0 aliphatic carbocycles. The number of methoxy groups -OCH3 is 1. The van der Waals surface area contributed by atoms with E-state index in [0.29, 0.717) is 0 Å². The summed E-state index contributed by atoms with van der Waals surface area (Å²) in [5, 5.41) is 3.36. The van der Waals surface area contributed by atoms with Gasteiger partial charge in [-0.3, -0.25) is 0 Å². The molecule has 0 amide bonds. The Morgan fingerprint density at radius 2 is 2.33 bits per heavy atom. The summed E-state index contributed by atoms with van der Waals surface area (Å²) in [6.45, 7) is 5.75. The van der Waals surface area contributed by atoms with Crippen LogP contribution in [0.5, 0.6) is 0 Å². The van der Waals surface area contributed by atoms with E-state index in [1.54, 1.807) is 13.3 Å². The molecule has 1 atom stereocenters.